The number of anilines is 1. The van der Waals surface area contributed by atoms with E-state index in [4.69, 9.17) is 11.6 Å². The predicted octanol–water partition coefficient (Wildman–Crippen LogP) is 5.45. The van der Waals surface area contributed by atoms with Crippen LogP contribution in [0.5, 0.6) is 0 Å². The first-order chi connectivity index (χ1) is 14.6. The number of fused-ring (bicyclic) bond motifs is 1. The van der Waals surface area contributed by atoms with E-state index in [1.165, 1.54) is 5.56 Å². The van der Waals surface area contributed by atoms with E-state index in [2.05, 4.69) is 26.6 Å². The van der Waals surface area contributed by atoms with E-state index in [1.54, 1.807) is 0 Å². The number of hydrogen-bond donors (Lipinski definition) is 2. The fourth-order valence-electron chi connectivity index (χ4n) is 4.01. The maximum atomic E-state index is 12.6. The van der Waals surface area contributed by atoms with E-state index in [9.17, 15) is 4.79 Å². The largest absolute Gasteiger partial charge is 0.335 e. The summed E-state index contributed by atoms with van der Waals surface area (Å²) in [5, 5.41) is 8.98. The van der Waals surface area contributed by atoms with E-state index in [0.717, 1.165) is 66.1 Å². The van der Waals surface area contributed by atoms with Gasteiger partial charge in [0.05, 0.1) is 5.69 Å². The summed E-state index contributed by atoms with van der Waals surface area (Å²) >= 11 is 6.07. The van der Waals surface area contributed by atoms with Crippen LogP contribution in [0, 0.1) is 6.92 Å². The van der Waals surface area contributed by atoms with E-state index < -0.39 is 0 Å². The minimum atomic E-state index is -0.144. The number of benzene rings is 2. The van der Waals surface area contributed by atoms with Crippen LogP contribution in [0.4, 0.5) is 10.5 Å². The van der Waals surface area contributed by atoms with Crippen LogP contribution in [-0.4, -0.2) is 41.6 Å². The van der Waals surface area contributed by atoms with Gasteiger partial charge in [-0.2, -0.15) is 0 Å². The average molecular weight is 459 g/mol. The highest BCUT2D eigenvalue weighted by atomic mass is 35.5. The van der Waals surface area contributed by atoms with Gasteiger partial charge in [0, 0.05) is 53.4 Å². The molecule has 7 heteroatoms. The molecule has 2 N–H and O–H groups in total. The predicted molar refractivity (Wildman–Crippen MR) is 131 cm³/mol. The molecule has 31 heavy (non-hydrogen) atoms. The van der Waals surface area contributed by atoms with Gasteiger partial charge in [0.1, 0.15) is 0 Å². The number of carbonyl (C=O) groups is 1. The first-order valence-corrected chi connectivity index (χ1v) is 10.8. The maximum absolute atomic E-state index is 12.6. The molecule has 1 aromatic heterocycles. The van der Waals surface area contributed by atoms with Gasteiger partial charge in [0.15, 0.2) is 0 Å². The molecule has 2 heterocycles. The summed E-state index contributed by atoms with van der Waals surface area (Å²) < 4.78 is 0. The number of nitrogens with zero attached hydrogens (tertiary/aromatic N) is 2. The fraction of sp³-hybridized carbons (Fsp3) is 0.333. The molecule has 1 aliphatic heterocycles. The van der Waals surface area contributed by atoms with Crippen molar-refractivity contribution < 1.29 is 4.79 Å². The molecule has 0 radical (unpaired) electrons. The summed E-state index contributed by atoms with van der Waals surface area (Å²) in [7, 11) is 0. The molecular formula is C24H28Cl2N4O. The van der Waals surface area contributed by atoms with Crippen molar-refractivity contribution in [3.63, 3.8) is 0 Å². The molecular weight excluding hydrogens is 431 g/mol. The van der Waals surface area contributed by atoms with Gasteiger partial charge in [-0.3, -0.25) is 4.98 Å². The normalized spacial score (nSPS) is 14.8. The molecule has 1 saturated heterocycles. The zero-order chi connectivity index (χ0) is 20.9. The minimum Gasteiger partial charge on any atom is -0.335 e. The van der Waals surface area contributed by atoms with Gasteiger partial charge < -0.3 is 15.5 Å². The molecule has 0 aliphatic carbocycles. The zero-order valence-corrected chi connectivity index (χ0v) is 19.2. The Kier molecular flexibility index (Phi) is 8.13. The molecule has 0 unspecified atom stereocenters. The van der Waals surface area contributed by atoms with E-state index in [1.807, 2.05) is 55.6 Å². The average Bonchev–Trinajstić information content (AvgIpc) is 2.74. The number of urea groups is 1. The topological polar surface area (TPSA) is 57.3 Å². The number of likely N-dealkylation sites (tertiary alicyclic amines) is 1. The van der Waals surface area contributed by atoms with Crippen molar-refractivity contribution in [2.45, 2.75) is 32.2 Å². The lowest BCUT2D eigenvalue weighted by Crippen LogP contribution is -2.46. The summed E-state index contributed by atoms with van der Waals surface area (Å²) in [5.41, 5.74) is 3.01. The van der Waals surface area contributed by atoms with Crippen LogP contribution in [0.25, 0.3) is 10.8 Å². The Labute approximate surface area is 194 Å². The number of aromatic nitrogens is 1. The second-order valence-electron chi connectivity index (χ2n) is 7.95. The SMILES string of the molecule is Cc1cc2c(NC(=O)NC3CCN(CCc4cccc(Cl)c4)CC3)cccc2cn1.Cl. The molecule has 0 saturated carbocycles. The van der Waals surface area contributed by atoms with Crippen LogP contribution < -0.4 is 10.6 Å². The highest BCUT2D eigenvalue weighted by Gasteiger charge is 2.20. The Morgan fingerprint density at radius 2 is 1.94 bits per heavy atom. The number of amides is 2. The van der Waals surface area contributed by atoms with Crippen LogP contribution in [0.15, 0.2) is 54.7 Å². The highest BCUT2D eigenvalue weighted by Crippen LogP contribution is 2.23. The highest BCUT2D eigenvalue weighted by molar-refractivity contribution is 6.30. The molecule has 2 amide bonds. The van der Waals surface area contributed by atoms with Gasteiger partial charge in [-0.15, -0.1) is 12.4 Å². The number of carbonyl (C=O) groups excluding carboxylic acids is 1. The molecule has 1 fully saturated rings. The van der Waals surface area contributed by atoms with Crippen LogP contribution in [-0.2, 0) is 6.42 Å². The Bertz CT molecular complexity index is 1040. The third-order valence-corrected chi connectivity index (χ3v) is 5.91. The zero-order valence-electron chi connectivity index (χ0n) is 17.6. The minimum absolute atomic E-state index is 0. The molecule has 2 aromatic carbocycles. The maximum Gasteiger partial charge on any atom is 0.319 e. The van der Waals surface area contributed by atoms with Crippen molar-refractivity contribution >= 4 is 46.5 Å². The summed E-state index contributed by atoms with van der Waals surface area (Å²) in [6, 6.07) is 16.0. The van der Waals surface area contributed by atoms with Crippen molar-refractivity contribution in [1.29, 1.82) is 0 Å². The fourth-order valence-corrected chi connectivity index (χ4v) is 4.22. The smallest absolute Gasteiger partial charge is 0.319 e. The molecule has 5 nitrogen and oxygen atoms in total. The third kappa shape index (κ3) is 6.33. The Morgan fingerprint density at radius 3 is 2.71 bits per heavy atom. The Balaban J connectivity index is 0.00000272. The Morgan fingerprint density at radius 1 is 1.16 bits per heavy atom. The lowest BCUT2D eigenvalue weighted by Gasteiger charge is -2.32. The monoisotopic (exact) mass is 458 g/mol. The number of pyridine rings is 1. The Hall–Kier alpha value is -2.34. The summed E-state index contributed by atoms with van der Waals surface area (Å²) in [6.07, 6.45) is 4.75. The van der Waals surface area contributed by atoms with Crippen molar-refractivity contribution in [3.8, 4) is 0 Å². The van der Waals surface area contributed by atoms with Gasteiger partial charge in [0.25, 0.3) is 0 Å². The number of halogens is 2. The lowest BCUT2D eigenvalue weighted by molar-refractivity contribution is 0.197. The molecule has 0 atom stereocenters. The van der Waals surface area contributed by atoms with Crippen molar-refractivity contribution in [1.82, 2.24) is 15.2 Å². The van der Waals surface area contributed by atoms with Crippen molar-refractivity contribution in [3.05, 3.63) is 71.0 Å². The van der Waals surface area contributed by atoms with Gasteiger partial charge >= 0.3 is 6.03 Å². The number of hydrogen-bond acceptors (Lipinski definition) is 3. The molecule has 3 aromatic rings. The summed E-state index contributed by atoms with van der Waals surface area (Å²) in [4.78, 5) is 19.4. The van der Waals surface area contributed by atoms with Gasteiger partial charge in [0.2, 0.25) is 0 Å². The van der Waals surface area contributed by atoms with Crippen molar-refractivity contribution in [2.75, 3.05) is 25.0 Å². The summed E-state index contributed by atoms with van der Waals surface area (Å²) in [5.74, 6) is 0. The molecule has 1 aliphatic rings. The standard InChI is InChI=1S/C24H27ClN4O.ClH/c1-17-14-22-19(16-26-17)5-3-7-23(22)28-24(30)27-21-9-12-29(13-10-21)11-8-18-4-2-6-20(25)15-18;/h2-7,14-16,21H,8-13H2,1H3,(H2,27,28,30);1H. The van der Waals surface area contributed by atoms with Gasteiger partial charge in [-0.25, -0.2) is 4.79 Å². The number of rotatable bonds is 5. The van der Waals surface area contributed by atoms with Gasteiger partial charge in [-0.1, -0.05) is 35.9 Å². The number of aryl methyl sites for hydroxylation is 1. The first-order valence-electron chi connectivity index (χ1n) is 10.5. The summed E-state index contributed by atoms with van der Waals surface area (Å²) in [6.45, 7) is 4.95. The molecule has 4 rings (SSSR count). The van der Waals surface area contributed by atoms with Gasteiger partial charge in [-0.05, 0) is 56.0 Å². The van der Waals surface area contributed by atoms with Crippen LogP contribution in [0.2, 0.25) is 5.02 Å². The molecule has 0 bridgehead atoms. The lowest BCUT2D eigenvalue weighted by atomic mass is 10.0. The first kappa shape index (κ1) is 23.3. The van der Waals surface area contributed by atoms with Crippen molar-refractivity contribution in [2.24, 2.45) is 0 Å². The van der Waals surface area contributed by atoms with E-state index >= 15 is 0 Å². The number of nitrogens with one attached hydrogen (secondary N) is 2. The second kappa shape index (κ2) is 10.8. The molecule has 0 spiro atoms. The van der Waals surface area contributed by atoms with E-state index in [0.29, 0.717) is 0 Å². The third-order valence-electron chi connectivity index (χ3n) is 5.68. The second-order valence-corrected chi connectivity index (χ2v) is 8.38. The van der Waals surface area contributed by atoms with Crippen LogP contribution >= 0.6 is 24.0 Å². The number of piperidine rings is 1. The van der Waals surface area contributed by atoms with Crippen LogP contribution in [0.3, 0.4) is 0 Å². The van der Waals surface area contributed by atoms with E-state index in [-0.39, 0.29) is 24.5 Å². The van der Waals surface area contributed by atoms with Crippen LogP contribution in [0.1, 0.15) is 24.1 Å². The molecule has 164 valence electrons. The quantitative estimate of drug-likeness (QED) is 0.534.